The fourth-order valence-corrected chi connectivity index (χ4v) is 8.54. The van der Waals surface area contributed by atoms with E-state index in [1.165, 1.54) is 128 Å². The third-order valence-electron chi connectivity index (χ3n) is 12.2. The van der Waals surface area contributed by atoms with Gasteiger partial charge < -0.3 is 18.9 Å². The standard InChI is InChI=1S/C60H108NO8P/c1-6-8-10-12-14-16-18-20-22-24-26-28-29-30-31-33-34-36-38-40-42-44-46-48-50-52-59(62)66-56-58(57-68-70(64,65)67-55-54-61(3,4)5)69-60(63)53-51-49-47-45-43-41-39-37-35-32-27-25-23-21-19-17-15-13-11-9-7-2/h9,11,15,17,21,23-24,26-27,32,37,39,58H,6-8,10,12-14,16,18-20,22,25,28-31,33-36,38,40-57H2,1-5H3/p+1/b11-9-,17-15-,23-21-,26-24-,32-27-,39-37-. The van der Waals surface area contributed by atoms with Gasteiger partial charge in [-0.1, -0.05) is 222 Å². The molecule has 0 aliphatic rings. The Kier molecular flexibility index (Phi) is 49.5. The Morgan fingerprint density at radius 3 is 1.23 bits per heavy atom. The fourth-order valence-electron chi connectivity index (χ4n) is 7.80. The SMILES string of the molecule is CC/C=C\C/C=C\C/C=C\C/C=C\C/C=C\CCCCCCCC(=O)OC(COC(=O)CCCCCCCCCCCCCCC/C=C\CCCCCCCCCC)COP(=O)(O)OCC[N+](C)(C)C. The number of phosphoric ester groups is 1. The predicted molar refractivity (Wildman–Crippen MR) is 298 cm³/mol. The molecule has 70 heavy (non-hydrogen) atoms. The van der Waals surface area contributed by atoms with E-state index in [2.05, 4.69) is 86.8 Å². The van der Waals surface area contributed by atoms with Gasteiger partial charge in [0.15, 0.2) is 6.10 Å². The van der Waals surface area contributed by atoms with Crippen LogP contribution in [0.1, 0.15) is 245 Å². The lowest BCUT2D eigenvalue weighted by atomic mass is 10.0. The highest BCUT2D eigenvalue weighted by Crippen LogP contribution is 2.43. The van der Waals surface area contributed by atoms with Crippen LogP contribution in [0.5, 0.6) is 0 Å². The Morgan fingerprint density at radius 1 is 0.457 bits per heavy atom. The summed E-state index contributed by atoms with van der Waals surface area (Å²) >= 11 is 0. The van der Waals surface area contributed by atoms with E-state index in [1.54, 1.807) is 0 Å². The number of carbonyl (C=O) groups is 2. The van der Waals surface area contributed by atoms with Crippen molar-refractivity contribution in [2.75, 3.05) is 47.5 Å². The first-order valence-electron chi connectivity index (χ1n) is 28.7. The molecule has 0 radical (unpaired) electrons. The number of ether oxygens (including phenoxy) is 2. The molecule has 9 nitrogen and oxygen atoms in total. The van der Waals surface area contributed by atoms with Gasteiger partial charge in [0.1, 0.15) is 19.8 Å². The minimum atomic E-state index is -4.39. The van der Waals surface area contributed by atoms with Gasteiger partial charge in [-0.05, 0) is 83.5 Å². The molecule has 0 aromatic rings. The highest BCUT2D eigenvalue weighted by atomic mass is 31.2. The lowest BCUT2D eigenvalue weighted by Gasteiger charge is -2.24. The Morgan fingerprint density at radius 2 is 0.814 bits per heavy atom. The fraction of sp³-hybridized carbons (Fsp3) is 0.767. The van der Waals surface area contributed by atoms with Gasteiger partial charge in [0, 0.05) is 12.8 Å². The molecule has 1 N–H and O–H groups in total. The van der Waals surface area contributed by atoms with Gasteiger partial charge in [-0.2, -0.15) is 0 Å². The van der Waals surface area contributed by atoms with Gasteiger partial charge in [-0.3, -0.25) is 18.6 Å². The van der Waals surface area contributed by atoms with Crippen molar-refractivity contribution in [1.82, 2.24) is 0 Å². The molecule has 2 unspecified atom stereocenters. The van der Waals surface area contributed by atoms with Gasteiger partial charge in [0.25, 0.3) is 0 Å². The number of esters is 2. The maximum atomic E-state index is 12.8. The number of likely N-dealkylation sites (N-methyl/N-ethyl adjacent to an activating group) is 1. The second-order valence-corrected chi connectivity index (χ2v) is 21.7. The number of hydrogen-bond donors (Lipinski definition) is 1. The maximum absolute atomic E-state index is 12.8. The molecule has 0 rings (SSSR count). The van der Waals surface area contributed by atoms with Crippen LogP contribution in [0.3, 0.4) is 0 Å². The summed E-state index contributed by atoms with van der Waals surface area (Å²) in [6.07, 6.45) is 66.8. The van der Waals surface area contributed by atoms with Crippen molar-refractivity contribution in [2.24, 2.45) is 0 Å². The van der Waals surface area contributed by atoms with Crippen LogP contribution in [0.25, 0.3) is 0 Å². The van der Waals surface area contributed by atoms with Crippen molar-refractivity contribution < 1.29 is 42.1 Å². The summed E-state index contributed by atoms with van der Waals surface area (Å²) in [5, 5.41) is 0. The average molecular weight is 1000 g/mol. The second-order valence-electron chi connectivity index (χ2n) is 20.3. The minimum absolute atomic E-state index is 0.0249. The minimum Gasteiger partial charge on any atom is -0.462 e. The van der Waals surface area contributed by atoms with Crippen LogP contribution in [0.2, 0.25) is 0 Å². The predicted octanol–water partition coefficient (Wildman–Crippen LogP) is 17.7. The van der Waals surface area contributed by atoms with Crippen LogP contribution in [0, 0.1) is 0 Å². The molecular weight excluding hydrogens is 894 g/mol. The van der Waals surface area contributed by atoms with E-state index in [4.69, 9.17) is 18.5 Å². The average Bonchev–Trinajstić information content (AvgIpc) is 3.32. The first-order chi connectivity index (χ1) is 34.0. The quantitative estimate of drug-likeness (QED) is 0.0211. The van der Waals surface area contributed by atoms with Crippen molar-refractivity contribution in [3.63, 3.8) is 0 Å². The van der Waals surface area contributed by atoms with Crippen LogP contribution in [-0.4, -0.2) is 74.9 Å². The molecule has 2 atom stereocenters. The number of carbonyl (C=O) groups excluding carboxylic acids is 2. The molecule has 0 aromatic carbocycles. The summed E-state index contributed by atoms with van der Waals surface area (Å²) in [6, 6.07) is 0. The third-order valence-corrected chi connectivity index (χ3v) is 13.2. The molecule has 0 saturated carbocycles. The van der Waals surface area contributed by atoms with E-state index in [0.29, 0.717) is 17.4 Å². The lowest BCUT2D eigenvalue weighted by Crippen LogP contribution is -2.37. The summed E-state index contributed by atoms with van der Waals surface area (Å²) in [5.74, 6) is -0.817. The number of nitrogens with zero attached hydrogens (tertiary/aromatic N) is 1. The Hall–Kier alpha value is -2.55. The highest BCUT2D eigenvalue weighted by molar-refractivity contribution is 7.47. The van der Waals surface area contributed by atoms with E-state index < -0.39 is 26.5 Å². The van der Waals surface area contributed by atoms with E-state index in [1.807, 2.05) is 21.1 Å². The number of quaternary nitrogens is 1. The van der Waals surface area contributed by atoms with Gasteiger partial charge in [0.2, 0.25) is 0 Å². The largest absolute Gasteiger partial charge is 0.472 e. The normalized spacial score (nSPS) is 13.9. The van der Waals surface area contributed by atoms with Crippen molar-refractivity contribution >= 4 is 19.8 Å². The molecule has 0 aliphatic carbocycles. The van der Waals surface area contributed by atoms with Gasteiger partial charge in [-0.15, -0.1) is 0 Å². The first-order valence-corrected chi connectivity index (χ1v) is 30.2. The van der Waals surface area contributed by atoms with Crippen molar-refractivity contribution in [1.29, 1.82) is 0 Å². The molecule has 0 amide bonds. The van der Waals surface area contributed by atoms with Crippen molar-refractivity contribution in [3.8, 4) is 0 Å². The monoisotopic (exact) mass is 1000 g/mol. The number of phosphoric acid groups is 1. The van der Waals surface area contributed by atoms with Crippen LogP contribution in [0.15, 0.2) is 72.9 Å². The van der Waals surface area contributed by atoms with Gasteiger partial charge >= 0.3 is 19.8 Å². The number of rotatable bonds is 52. The van der Waals surface area contributed by atoms with Crippen LogP contribution < -0.4 is 0 Å². The second kappa shape index (κ2) is 51.4. The molecule has 0 spiro atoms. The molecule has 0 aliphatic heterocycles. The Labute approximate surface area is 431 Å². The van der Waals surface area contributed by atoms with Crippen LogP contribution in [0.4, 0.5) is 0 Å². The summed E-state index contributed by atoms with van der Waals surface area (Å²) in [6.45, 7) is 4.31. The summed E-state index contributed by atoms with van der Waals surface area (Å²) in [4.78, 5) is 35.7. The summed E-state index contributed by atoms with van der Waals surface area (Å²) in [5.41, 5.74) is 0. The summed E-state index contributed by atoms with van der Waals surface area (Å²) < 4.78 is 34.5. The first kappa shape index (κ1) is 67.5. The smallest absolute Gasteiger partial charge is 0.462 e. The van der Waals surface area contributed by atoms with E-state index in [9.17, 15) is 19.0 Å². The highest BCUT2D eigenvalue weighted by Gasteiger charge is 2.27. The topological polar surface area (TPSA) is 108 Å². The zero-order valence-electron chi connectivity index (χ0n) is 46.0. The number of hydrogen-bond acceptors (Lipinski definition) is 7. The molecule has 0 bridgehead atoms. The van der Waals surface area contributed by atoms with Crippen molar-refractivity contribution in [2.45, 2.75) is 251 Å². The molecule has 406 valence electrons. The number of allylic oxidation sites excluding steroid dienone is 12. The molecule has 0 aromatic heterocycles. The van der Waals surface area contributed by atoms with Gasteiger partial charge in [0.05, 0.1) is 27.7 Å². The van der Waals surface area contributed by atoms with E-state index >= 15 is 0 Å². The van der Waals surface area contributed by atoms with Crippen LogP contribution in [-0.2, 0) is 32.7 Å². The maximum Gasteiger partial charge on any atom is 0.472 e. The lowest BCUT2D eigenvalue weighted by molar-refractivity contribution is -0.870. The summed E-state index contributed by atoms with van der Waals surface area (Å²) in [7, 11) is 1.46. The Balaban J connectivity index is 4.20. The molecular formula is C60H109NO8P+. The van der Waals surface area contributed by atoms with E-state index in [-0.39, 0.29) is 32.0 Å². The van der Waals surface area contributed by atoms with Gasteiger partial charge in [-0.25, -0.2) is 4.57 Å². The third kappa shape index (κ3) is 54.8. The molecule has 10 heteroatoms. The Bertz CT molecular complexity index is 1410. The van der Waals surface area contributed by atoms with Crippen LogP contribution >= 0.6 is 7.82 Å². The molecule has 0 fully saturated rings. The van der Waals surface area contributed by atoms with Crippen molar-refractivity contribution in [3.05, 3.63) is 72.9 Å². The zero-order valence-corrected chi connectivity index (χ0v) is 46.9. The molecule has 0 saturated heterocycles. The zero-order chi connectivity index (χ0) is 51.3. The number of unbranched alkanes of at least 4 members (excludes halogenated alkanes) is 26. The van der Waals surface area contributed by atoms with E-state index in [0.717, 1.165) is 83.5 Å². The molecule has 0 heterocycles.